The van der Waals surface area contributed by atoms with Crippen molar-refractivity contribution in [2.24, 2.45) is 0 Å². The predicted molar refractivity (Wildman–Crippen MR) is 56.6 cm³/mol. The lowest BCUT2D eigenvalue weighted by Crippen LogP contribution is -2.48. The third-order valence-corrected chi connectivity index (χ3v) is 2.88. The number of methoxy groups -OCH3 is 1. The van der Waals surface area contributed by atoms with Crippen LogP contribution in [0.2, 0.25) is 5.02 Å². The zero-order valence-electron chi connectivity index (χ0n) is 8.33. The molecule has 80 valence electrons. The number of rotatable bonds is 3. The van der Waals surface area contributed by atoms with Crippen LogP contribution in [0.4, 0.5) is 0 Å². The Hall–Kier alpha value is -1.06. The van der Waals surface area contributed by atoms with Crippen molar-refractivity contribution in [3.8, 4) is 5.75 Å². The van der Waals surface area contributed by atoms with Gasteiger partial charge < -0.3 is 14.3 Å². The van der Waals surface area contributed by atoms with Crippen molar-refractivity contribution in [3.63, 3.8) is 0 Å². The van der Waals surface area contributed by atoms with E-state index in [0.717, 1.165) is 11.8 Å². The van der Waals surface area contributed by atoms with Crippen LogP contribution in [0.15, 0.2) is 18.2 Å². The van der Waals surface area contributed by atoms with E-state index in [-0.39, 0.29) is 0 Å². The van der Waals surface area contributed by atoms with Gasteiger partial charge in [-0.1, -0.05) is 11.6 Å². The van der Waals surface area contributed by atoms with E-state index >= 15 is 0 Å². The molecule has 0 amide bonds. The molecule has 0 aromatic heterocycles. The molecule has 3 nitrogen and oxygen atoms in total. The molecule has 1 aromatic rings. The minimum absolute atomic E-state index is 0.396. The molecule has 1 saturated heterocycles. The highest BCUT2D eigenvalue weighted by atomic mass is 35.5. The van der Waals surface area contributed by atoms with Crippen LogP contribution in [0, 0.1) is 0 Å². The molecule has 0 bridgehead atoms. The fourth-order valence-electron chi connectivity index (χ4n) is 1.68. The fraction of sp³-hybridized carbons (Fsp3) is 0.364. The number of carbonyl (C=O) groups excluding carboxylic acids is 1. The topological polar surface area (TPSA) is 35.5 Å². The maximum atomic E-state index is 11.1. The van der Waals surface area contributed by atoms with Gasteiger partial charge in [-0.25, -0.2) is 0 Å². The number of carbonyl (C=O) groups is 1. The first-order valence-corrected chi connectivity index (χ1v) is 4.98. The number of benzene rings is 1. The first-order valence-electron chi connectivity index (χ1n) is 4.60. The summed E-state index contributed by atoms with van der Waals surface area (Å²) in [7, 11) is 1.57. The Labute approximate surface area is 92.9 Å². The Balaban J connectivity index is 2.49. The van der Waals surface area contributed by atoms with Gasteiger partial charge in [0.1, 0.15) is 17.5 Å². The largest absolute Gasteiger partial charge is 0.496 e. The van der Waals surface area contributed by atoms with Crippen LogP contribution in [0.5, 0.6) is 5.75 Å². The van der Waals surface area contributed by atoms with Crippen molar-refractivity contribution in [1.82, 2.24) is 0 Å². The fourth-order valence-corrected chi connectivity index (χ4v) is 1.85. The summed E-state index contributed by atoms with van der Waals surface area (Å²) in [6.07, 6.45) is 0.907. The Bertz CT molecular complexity index is 385. The van der Waals surface area contributed by atoms with E-state index in [1.54, 1.807) is 25.3 Å². The van der Waals surface area contributed by atoms with E-state index in [9.17, 15) is 4.79 Å². The molecule has 1 aromatic carbocycles. The van der Waals surface area contributed by atoms with E-state index in [1.165, 1.54) is 0 Å². The number of hydrogen-bond donors (Lipinski definition) is 0. The van der Waals surface area contributed by atoms with E-state index in [0.29, 0.717) is 24.0 Å². The number of ether oxygens (including phenoxy) is 2. The van der Waals surface area contributed by atoms with Gasteiger partial charge in [0.2, 0.25) is 0 Å². The number of halogens is 1. The SMILES string of the molecule is COc1ccc(Cl)cc1C1(C=O)COC1. The predicted octanol–water partition coefficient (Wildman–Crippen LogP) is 1.82. The normalized spacial score (nSPS) is 18.0. The first kappa shape index (κ1) is 10.5. The van der Waals surface area contributed by atoms with Gasteiger partial charge >= 0.3 is 0 Å². The summed E-state index contributed by atoms with van der Waals surface area (Å²) in [6.45, 7) is 0.792. The highest BCUT2D eigenvalue weighted by Gasteiger charge is 2.42. The molecule has 0 atom stereocenters. The van der Waals surface area contributed by atoms with Gasteiger partial charge in [0, 0.05) is 10.6 Å². The first-order chi connectivity index (χ1) is 7.22. The van der Waals surface area contributed by atoms with Crippen LogP contribution in [0.25, 0.3) is 0 Å². The van der Waals surface area contributed by atoms with Gasteiger partial charge in [0.15, 0.2) is 0 Å². The van der Waals surface area contributed by atoms with Gasteiger partial charge in [0.25, 0.3) is 0 Å². The van der Waals surface area contributed by atoms with Crippen molar-refractivity contribution in [2.45, 2.75) is 5.41 Å². The van der Waals surface area contributed by atoms with Crippen LogP contribution < -0.4 is 4.74 Å². The Kier molecular flexibility index (Phi) is 2.67. The molecule has 1 heterocycles. The maximum Gasteiger partial charge on any atom is 0.135 e. The highest BCUT2D eigenvalue weighted by molar-refractivity contribution is 6.30. The second-order valence-corrected chi connectivity index (χ2v) is 4.05. The summed E-state index contributed by atoms with van der Waals surface area (Å²) in [6, 6.07) is 5.26. The van der Waals surface area contributed by atoms with Crippen LogP contribution in [-0.4, -0.2) is 26.6 Å². The van der Waals surface area contributed by atoms with E-state index < -0.39 is 5.41 Å². The van der Waals surface area contributed by atoms with Gasteiger partial charge in [-0.3, -0.25) is 0 Å². The summed E-state index contributed by atoms with van der Waals surface area (Å²) in [5, 5.41) is 0.596. The zero-order valence-corrected chi connectivity index (χ0v) is 9.08. The lowest BCUT2D eigenvalue weighted by atomic mass is 9.79. The molecule has 4 heteroatoms. The van der Waals surface area contributed by atoms with Gasteiger partial charge in [-0.2, -0.15) is 0 Å². The maximum absolute atomic E-state index is 11.1. The van der Waals surface area contributed by atoms with Gasteiger partial charge in [-0.15, -0.1) is 0 Å². The molecule has 1 aliphatic rings. The quantitative estimate of drug-likeness (QED) is 0.738. The van der Waals surface area contributed by atoms with Gasteiger partial charge in [0.05, 0.1) is 20.3 Å². The number of aldehydes is 1. The van der Waals surface area contributed by atoms with Crippen LogP contribution in [0.1, 0.15) is 5.56 Å². The summed E-state index contributed by atoms with van der Waals surface area (Å²) in [5.74, 6) is 0.676. The minimum atomic E-state index is -0.573. The molecule has 1 fully saturated rings. The summed E-state index contributed by atoms with van der Waals surface area (Å²) in [4.78, 5) is 11.1. The second-order valence-electron chi connectivity index (χ2n) is 3.61. The summed E-state index contributed by atoms with van der Waals surface area (Å²) >= 11 is 5.91. The van der Waals surface area contributed by atoms with Crippen LogP contribution >= 0.6 is 11.6 Å². The molecule has 0 saturated carbocycles. The molecule has 0 radical (unpaired) electrons. The van der Waals surface area contributed by atoms with Crippen molar-refractivity contribution in [2.75, 3.05) is 20.3 Å². The van der Waals surface area contributed by atoms with Crippen molar-refractivity contribution in [3.05, 3.63) is 28.8 Å². The Morgan fingerprint density at radius 1 is 1.53 bits per heavy atom. The van der Waals surface area contributed by atoms with E-state index in [4.69, 9.17) is 21.1 Å². The lowest BCUT2D eigenvalue weighted by molar-refractivity contribution is -0.130. The molecule has 0 spiro atoms. The minimum Gasteiger partial charge on any atom is -0.496 e. The summed E-state index contributed by atoms with van der Waals surface area (Å²) in [5.41, 5.74) is 0.231. The Morgan fingerprint density at radius 3 is 2.73 bits per heavy atom. The van der Waals surface area contributed by atoms with E-state index in [2.05, 4.69) is 0 Å². The molecule has 0 N–H and O–H groups in total. The molecule has 0 unspecified atom stereocenters. The van der Waals surface area contributed by atoms with E-state index in [1.807, 2.05) is 0 Å². The third kappa shape index (κ3) is 1.62. The standard InChI is InChI=1S/C11H11ClO3/c1-14-10-3-2-8(12)4-9(10)11(5-13)6-15-7-11/h2-5H,6-7H2,1H3. The lowest BCUT2D eigenvalue weighted by Gasteiger charge is -2.37. The van der Waals surface area contributed by atoms with Crippen LogP contribution in [0.3, 0.4) is 0 Å². The molecule has 0 aliphatic carbocycles. The van der Waals surface area contributed by atoms with Crippen molar-refractivity contribution in [1.29, 1.82) is 0 Å². The smallest absolute Gasteiger partial charge is 0.135 e. The average molecular weight is 227 g/mol. The molecule has 15 heavy (non-hydrogen) atoms. The van der Waals surface area contributed by atoms with Gasteiger partial charge in [-0.05, 0) is 18.2 Å². The van der Waals surface area contributed by atoms with Crippen molar-refractivity contribution >= 4 is 17.9 Å². The Morgan fingerprint density at radius 2 is 2.27 bits per heavy atom. The molecule has 2 rings (SSSR count). The highest BCUT2D eigenvalue weighted by Crippen LogP contribution is 2.37. The third-order valence-electron chi connectivity index (χ3n) is 2.64. The zero-order chi connectivity index (χ0) is 10.9. The van der Waals surface area contributed by atoms with Crippen LogP contribution in [-0.2, 0) is 14.9 Å². The monoisotopic (exact) mass is 226 g/mol. The molecular weight excluding hydrogens is 216 g/mol. The number of hydrogen-bond acceptors (Lipinski definition) is 3. The summed E-state index contributed by atoms with van der Waals surface area (Å²) < 4.78 is 10.3. The second kappa shape index (κ2) is 3.83. The molecular formula is C11H11ClO3. The van der Waals surface area contributed by atoms with Crippen molar-refractivity contribution < 1.29 is 14.3 Å². The molecule has 1 aliphatic heterocycles. The average Bonchev–Trinajstić information content (AvgIpc) is 2.17.